The maximum absolute atomic E-state index is 12.7. The molecule has 3 rings (SSSR count). The fraction of sp³-hybridized carbons (Fsp3) is 0.267. The summed E-state index contributed by atoms with van der Waals surface area (Å²) >= 11 is 0. The van der Waals surface area contributed by atoms with Gasteiger partial charge in [-0.05, 0) is 6.92 Å². The lowest BCUT2D eigenvalue weighted by Crippen LogP contribution is -2.14. The van der Waals surface area contributed by atoms with Gasteiger partial charge in [0.05, 0.1) is 12.2 Å². The molecular formula is C15H13F2NO3. The van der Waals surface area contributed by atoms with Gasteiger partial charge in [-0.25, -0.2) is 0 Å². The molecule has 0 fully saturated rings. The van der Waals surface area contributed by atoms with Crippen LogP contribution in [0.4, 0.5) is 8.78 Å². The number of hydrogen-bond donors (Lipinski definition) is 1. The topological polar surface area (TPSA) is 47.6 Å². The van der Waals surface area contributed by atoms with E-state index in [0.29, 0.717) is 28.7 Å². The highest BCUT2D eigenvalue weighted by Crippen LogP contribution is 2.43. The Morgan fingerprint density at radius 1 is 1.24 bits per heavy atom. The number of carbonyl (C=O) groups is 1. The van der Waals surface area contributed by atoms with Crippen LogP contribution < -0.4 is 14.8 Å². The molecule has 0 aromatic heterocycles. The average molecular weight is 293 g/mol. The molecule has 2 aromatic rings. The van der Waals surface area contributed by atoms with Crippen molar-refractivity contribution in [2.75, 3.05) is 6.61 Å². The van der Waals surface area contributed by atoms with Gasteiger partial charge in [-0.1, -0.05) is 24.3 Å². The third-order valence-corrected chi connectivity index (χ3v) is 3.37. The van der Waals surface area contributed by atoms with E-state index in [-0.39, 0.29) is 17.9 Å². The highest BCUT2D eigenvalue weighted by Gasteiger charge is 2.31. The molecule has 2 aromatic carbocycles. The van der Waals surface area contributed by atoms with Crippen LogP contribution in [0.15, 0.2) is 24.3 Å². The highest BCUT2D eigenvalue weighted by atomic mass is 19.3. The van der Waals surface area contributed by atoms with E-state index in [1.165, 1.54) is 0 Å². The Morgan fingerprint density at radius 3 is 2.52 bits per heavy atom. The zero-order valence-electron chi connectivity index (χ0n) is 11.3. The fourth-order valence-corrected chi connectivity index (χ4v) is 2.61. The fourth-order valence-electron chi connectivity index (χ4n) is 2.61. The second-order valence-electron chi connectivity index (χ2n) is 4.55. The van der Waals surface area contributed by atoms with E-state index in [1.807, 2.05) is 6.92 Å². The second kappa shape index (κ2) is 5.20. The minimum absolute atomic E-state index is 0.0888. The van der Waals surface area contributed by atoms with Crippen molar-refractivity contribution in [1.82, 2.24) is 5.32 Å². The van der Waals surface area contributed by atoms with E-state index in [0.717, 1.165) is 0 Å². The molecule has 0 aliphatic carbocycles. The van der Waals surface area contributed by atoms with E-state index in [9.17, 15) is 13.6 Å². The molecule has 1 heterocycles. The Balaban J connectivity index is 2.37. The Hall–Kier alpha value is -2.37. The first-order valence-corrected chi connectivity index (χ1v) is 6.56. The third kappa shape index (κ3) is 2.16. The molecule has 6 heteroatoms. The van der Waals surface area contributed by atoms with Crippen molar-refractivity contribution in [2.24, 2.45) is 0 Å². The van der Waals surface area contributed by atoms with Crippen LogP contribution in [-0.4, -0.2) is 19.1 Å². The normalized spacial score (nSPS) is 13.4. The minimum atomic E-state index is -3.00. The molecule has 0 bridgehead atoms. The summed E-state index contributed by atoms with van der Waals surface area (Å²) in [6.45, 7) is -0.508. The lowest BCUT2D eigenvalue weighted by atomic mass is 9.99. The molecule has 1 aliphatic heterocycles. The maximum Gasteiger partial charge on any atom is 0.387 e. The summed E-state index contributed by atoms with van der Waals surface area (Å²) < 4.78 is 35.7. The van der Waals surface area contributed by atoms with E-state index in [1.54, 1.807) is 24.3 Å². The van der Waals surface area contributed by atoms with E-state index in [4.69, 9.17) is 4.74 Å². The zero-order chi connectivity index (χ0) is 15.0. The summed E-state index contributed by atoms with van der Waals surface area (Å²) in [5.74, 6) is 0.0319. The molecule has 4 nitrogen and oxygen atoms in total. The molecule has 1 N–H and O–H groups in total. The van der Waals surface area contributed by atoms with Crippen LogP contribution in [0.2, 0.25) is 0 Å². The van der Waals surface area contributed by atoms with Gasteiger partial charge in [0.25, 0.3) is 5.91 Å². The minimum Gasteiger partial charge on any atom is -0.493 e. The number of nitrogens with one attached hydrogen (secondary N) is 1. The molecule has 0 radical (unpaired) electrons. The van der Waals surface area contributed by atoms with Crippen LogP contribution in [0.1, 0.15) is 22.8 Å². The Kier molecular flexibility index (Phi) is 3.37. The average Bonchev–Trinajstić information content (AvgIpc) is 2.84. The van der Waals surface area contributed by atoms with Gasteiger partial charge in [-0.2, -0.15) is 8.78 Å². The molecule has 21 heavy (non-hydrogen) atoms. The lowest BCUT2D eigenvalue weighted by molar-refractivity contribution is -0.0491. The maximum atomic E-state index is 12.7. The van der Waals surface area contributed by atoms with Crippen molar-refractivity contribution in [3.05, 3.63) is 35.4 Å². The standard InChI is InChI=1S/C15H13F2NO3/c1-2-20-12-8-5-3-4-6-9(8)13(21-15(16)17)11-10(12)7-18-14(11)19/h3-6,15H,2,7H2,1H3,(H,18,19). The molecular weight excluding hydrogens is 280 g/mol. The first-order chi connectivity index (χ1) is 10.1. The molecule has 0 saturated heterocycles. The molecule has 1 amide bonds. The Bertz CT molecular complexity index is 716. The monoisotopic (exact) mass is 293 g/mol. The number of alkyl halides is 2. The number of amides is 1. The first-order valence-electron chi connectivity index (χ1n) is 6.56. The number of ether oxygens (including phenoxy) is 2. The number of carbonyl (C=O) groups excluding carboxylic acids is 1. The Labute approximate surface area is 119 Å². The van der Waals surface area contributed by atoms with Gasteiger partial charge in [-0.3, -0.25) is 4.79 Å². The van der Waals surface area contributed by atoms with Crippen molar-refractivity contribution in [3.63, 3.8) is 0 Å². The molecule has 0 spiro atoms. The van der Waals surface area contributed by atoms with E-state index >= 15 is 0 Å². The summed E-state index contributed by atoms with van der Waals surface area (Å²) in [4.78, 5) is 12.0. The number of hydrogen-bond acceptors (Lipinski definition) is 3. The van der Waals surface area contributed by atoms with Gasteiger partial charge < -0.3 is 14.8 Å². The molecule has 0 saturated carbocycles. The van der Waals surface area contributed by atoms with E-state index < -0.39 is 12.5 Å². The SMILES string of the molecule is CCOc1c2c(c(OC(F)F)c3ccccc13)C(=O)NC2. The van der Waals surface area contributed by atoms with Gasteiger partial charge in [0.15, 0.2) is 0 Å². The van der Waals surface area contributed by atoms with Crippen LogP contribution in [0.25, 0.3) is 10.8 Å². The smallest absolute Gasteiger partial charge is 0.387 e. The number of benzene rings is 2. The number of halogens is 2. The molecule has 1 aliphatic rings. The van der Waals surface area contributed by atoms with Crippen LogP contribution in [-0.2, 0) is 6.54 Å². The van der Waals surface area contributed by atoms with Gasteiger partial charge in [0.1, 0.15) is 11.5 Å². The van der Waals surface area contributed by atoms with Crippen LogP contribution in [0.3, 0.4) is 0 Å². The summed E-state index contributed by atoms with van der Waals surface area (Å²) in [6, 6.07) is 6.90. The number of rotatable bonds is 4. The first kappa shape index (κ1) is 13.6. The second-order valence-corrected chi connectivity index (χ2v) is 4.55. The van der Waals surface area contributed by atoms with Crippen molar-refractivity contribution in [3.8, 4) is 11.5 Å². The van der Waals surface area contributed by atoms with Gasteiger partial charge in [-0.15, -0.1) is 0 Å². The molecule has 0 unspecified atom stereocenters. The summed E-state index contributed by atoms with van der Waals surface area (Å²) in [5.41, 5.74) is 0.702. The van der Waals surface area contributed by atoms with Crippen molar-refractivity contribution in [1.29, 1.82) is 0 Å². The summed E-state index contributed by atoms with van der Waals surface area (Å²) in [7, 11) is 0. The largest absolute Gasteiger partial charge is 0.493 e. The predicted octanol–water partition coefficient (Wildman–Crippen LogP) is 3.08. The predicted molar refractivity (Wildman–Crippen MR) is 72.9 cm³/mol. The third-order valence-electron chi connectivity index (χ3n) is 3.37. The summed E-state index contributed by atoms with van der Waals surface area (Å²) in [6.07, 6.45) is 0. The van der Waals surface area contributed by atoms with Crippen LogP contribution in [0, 0.1) is 0 Å². The lowest BCUT2D eigenvalue weighted by Gasteiger charge is -2.16. The van der Waals surface area contributed by atoms with Gasteiger partial charge in [0, 0.05) is 22.9 Å². The molecule has 110 valence electrons. The van der Waals surface area contributed by atoms with Gasteiger partial charge >= 0.3 is 6.61 Å². The van der Waals surface area contributed by atoms with E-state index in [2.05, 4.69) is 10.1 Å². The molecule has 0 atom stereocenters. The quantitative estimate of drug-likeness (QED) is 0.942. The van der Waals surface area contributed by atoms with Crippen molar-refractivity contribution >= 4 is 16.7 Å². The summed E-state index contributed by atoms with van der Waals surface area (Å²) in [5, 5.41) is 3.73. The van der Waals surface area contributed by atoms with Gasteiger partial charge in [0.2, 0.25) is 0 Å². The van der Waals surface area contributed by atoms with Crippen molar-refractivity contribution in [2.45, 2.75) is 20.1 Å². The van der Waals surface area contributed by atoms with Crippen LogP contribution >= 0.6 is 0 Å². The number of fused-ring (bicyclic) bond motifs is 2. The Morgan fingerprint density at radius 2 is 1.90 bits per heavy atom. The van der Waals surface area contributed by atoms with Crippen LogP contribution in [0.5, 0.6) is 11.5 Å². The highest BCUT2D eigenvalue weighted by molar-refractivity contribution is 6.09. The zero-order valence-corrected chi connectivity index (χ0v) is 11.3. The van der Waals surface area contributed by atoms with Crippen molar-refractivity contribution < 1.29 is 23.0 Å².